The number of thiazole rings is 1. The number of aryl methyl sites for hydroxylation is 1. The van der Waals surface area contributed by atoms with Gasteiger partial charge < -0.3 is 0 Å². The minimum atomic E-state index is -3.51. The molecule has 3 aromatic rings. The number of aromatic nitrogens is 1. The van der Waals surface area contributed by atoms with Crippen molar-refractivity contribution in [3.05, 3.63) is 52.5 Å². The molecule has 1 amide bonds. The minimum Gasteiger partial charge on any atom is -0.298 e. The van der Waals surface area contributed by atoms with Gasteiger partial charge in [0.1, 0.15) is 0 Å². The van der Waals surface area contributed by atoms with E-state index in [1.807, 2.05) is 19.1 Å². The van der Waals surface area contributed by atoms with Gasteiger partial charge in [-0.2, -0.15) is 4.31 Å². The third-order valence-electron chi connectivity index (χ3n) is 4.94. The molecule has 0 aliphatic carbocycles. The van der Waals surface area contributed by atoms with Gasteiger partial charge in [0.2, 0.25) is 10.0 Å². The first kappa shape index (κ1) is 20.3. The summed E-state index contributed by atoms with van der Waals surface area (Å²) in [4.78, 5) is 17.2. The van der Waals surface area contributed by atoms with Crippen LogP contribution in [0.2, 0.25) is 5.02 Å². The van der Waals surface area contributed by atoms with Crippen LogP contribution in [0.3, 0.4) is 0 Å². The number of carbonyl (C=O) groups excluding carboxylic acids is 1. The first-order valence-electron chi connectivity index (χ1n) is 9.33. The van der Waals surface area contributed by atoms with Crippen molar-refractivity contribution in [3.63, 3.8) is 0 Å². The summed E-state index contributed by atoms with van der Waals surface area (Å²) in [5.74, 6) is -0.338. The maximum Gasteiger partial charge on any atom is 0.257 e. The van der Waals surface area contributed by atoms with Crippen molar-refractivity contribution in [1.82, 2.24) is 9.29 Å². The molecule has 1 aliphatic heterocycles. The van der Waals surface area contributed by atoms with Crippen molar-refractivity contribution in [3.8, 4) is 0 Å². The number of carbonyl (C=O) groups is 1. The summed E-state index contributed by atoms with van der Waals surface area (Å²) in [5.41, 5.74) is 2.12. The quantitative estimate of drug-likeness (QED) is 0.626. The maximum atomic E-state index is 12.7. The molecule has 0 radical (unpaired) electrons. The summed E-state index contributed by atoms with van der Waals surface area (Å²) < 4.78 is 27.9. The van der Waals surface area contributed by atoms with Gasteiger partial charge in [-0.15, -0.1) is 0 Å². The van der Waals surface area contributed by atoms with E-state index in [-0.39, 0.29) is 10.8 Å². The van der Waals surface area contributed by atoms with Gasteiger partial charge >= 0.3 is 0 Å². The fourth-order valence-corrected chi connectivity index (χ4v) is 6.24. The molecule has 29 heavy (non-hydrogen) atoms. The molecule has 0 spiro atoms. The molecule has 1 N–H and O–H groups in total. The molecule has 4 rings (SSSR count). The lowest BCUT2D eigenvalue weighted by Crippen LogP contribution is -2.35. The van der Waals surface area contributed by atoms with E-state index in [0.717, 1.165) is 35.0 Å². The topological polar surface area (TPSA) is 79.4 Å². The lowest BCUT2D eigenvalue weighted by molar-refractivity contribution is 0.102. The largest absolute Gasteiger partial charge is 0.298 e. The molecular weight excluding hydrogens is 430 g/mol. The smallest absolute Gasteiger partial charge is 0.257 e. The Hall–Kier alpha value is -2.00. The van der Waals surface area contributed by atoms with Gasteiger partial charge in [-0.05, 0) is 61.7 Å². The van der Waals surface area contributed by atoms with E-state index < -0.39 is 10.0 Å². The lowest BCUT2D eigenvalue weighted by Gasteiger charge is -2.25. The van der Waals surface area contributed by atoms with E-state index in [0.29, 0.717) is 28.8 Å². The van der Waals surface area contributed by atoms with Crippen molar-refractivity contribution >= 4 is 54.2 Å². The molecule has 152 valence electrons. The Morgan fingerprint density at radius 3 is 2.52 bits per heavy atom. The molecule has 1 aliphatic rings. The van der Waals surface area contributed by atoms with Crippen LogP contribution in [0.5, 0.6) is 0 Å². The molecule has 1 fully saturated rings. The zero-order valence-corrected chi connectivity index (χ0v) is 18.2. The van der Waals surface area contributed by atoms with Crippen LogP contribution in [0.1, 0.15) is 35.2 Å². The van der Waals surface area contributed by atoms with Crippen LogP contribution < -0.4 is 5.32 Å². The Balaban J connectivity index is 1.52. The van der Waals surface area contributed by atoms with E-state index in [1.165, 1.54) is 39.9 Å². The highest BCUT2D eigenvalue weighted by atomic mass is 35.5. The molecule has 1 saturated heterocycles. The number of hydrogen-bond acceptors (Lipinski definition) is 5. The number of piperidine rings is 1. The van der Waals surface area contributed by atoms with E-state index in [4.69, 9.17) is 11.6 Å². The molecule has 0 saturated carbocycles. The maximum absolute atomic E-state index is 12.7. The van der Waals surface area contributed by atoms with Gasteiger partial charge in [0.25, 0.3) is 5.91 Å². The zero-order valence-electron chi connectivity index (χ0n) is 15.8. The first-order valence-corrected chi connectivity index (χ1v) is 12.0. The van der Waals surface area contributed by atoms with Crippen molar-refractivity contribution in [2.75, 3.05) is 18.4 Å². The predicted molar refractivity (Wildman–Crippen MR) is 116 cm³/mol. The Morgan fingerprint density at radius 2 is 1.83 bits per heavy atom. The van der Waals surface area contributed by atoms with Crippen molar-refractivity contribution < 1.29 is 13.2 Å². The van der Waals surface area contributed by atoms with Gasteiger partial charge in [-0.25, -0.2) is 13.4 Å². The van der Waals surface area contributed by atoms with Gasteiger partial charge in [0, 0.05) is 23.7 Å². The second-order valence-corrected chi connectivity index (χ2v) is 10.4. The summed E-state index contributed by atoms with van der Waals surface area (Å²) >= 11 is 7.43. The van der Waals surface area contributed by atoms with Crippen molar-refractivity contribution in [1.29, 1.82) is 0 Å². The van der Waals surface area contributed by atoms with E-state index >= 15 is 0 Å². The number of hydrogen-bond donors (Lipinski definition) is 1. The highest BCUT2D eigenvalue weighted by Gasteiger charge is 2.26. The zero-order chi connectivity index (χ0) is 20.6. The molecule has 9 heteroatoms. The second-order valence-electron chi connectivity index (χ2n) is 7.03. The van der Waals surface area contributed by atoms with E-state index in [1.54, 1.807) is 0 Å². The molecule has 0 unspecified atom stereocenters. The van der Waals surface area contributed by atoms with Gasteiger partial charge in [-0.1, -0.05) is 29.4 Å². The first-order chi connectivity index (χ1) is 13.8. The van der Waals surface area contributed by atoms with E-state index in [2.05, 4.69) is 10.3 Å². The number of rotatable bonds is 4. The number of sulfonamides is 1. The van der Waals surface area contributed by atoms with Gasteiger partial charge in [-0.3, -0.25) is 10.1 Å². The van der Waals surface area contributed by atoms with Crippen LogP contribution in [-0.4, -0.2) is 36.7 Å². The van der Waals surface area contributed by atoms with Crippen molar-refractivity contribution in [2.24, 2.45) is 0 Å². The molecule has 1 aromatic heterocycles. The van der Waals surface area contributed by atoms with Gasteiger partial charge in [0.15, 0.2) is 5.13 Å². The monoisotopic (exact) mass is 449 g/mol. The molecule has 0 atom stereocenters. The SMILES string of the molecule is Cc1cc(Cl)cc2sc(NC(=O)c3ccc(S(=O)(=O)N4CCCCC4)cc3)nc12. The predicted octanol–water partition coefficient (Wildman–Crippen LogP) is 4.69. The second kappa shape index (κ2) is 8.02. The summed E-state index contributed by atoms with van der Waals surface area (Å²) in [7, 11) is -3.51. The Kier molecular flexibility index (Phi) is 5.61. The minimum absolute atomic E-state index is 0.209. The number of nitrogens with zero attached hydrogens (tertiary/aromatic N) is 2. The standard InChI is InChI=1S/C20H20ClN3O3S2/c1-13-11-15(21)12-17-18(13)22-20(28-17)23-19(25)14-5-7-16(8-6-14)29(26,27)24-9-3-2-4-10-24/h5-8,11-12H,2-4,9-10H2,1H3,(H,22,23,25). The summed E-state index contributed by atoms with van der Waals surface area (Å²) in [6.07, 6.45) is 2.82. The Labute approximate surface area is 178 Å². The van der Waals surface area contributed by atoms with Crippen LogP contribution in [0.15, 0.2) is 41.3 Å². The third kappa shape index (κ3) is 4.16. The van der Waals surface area contributed by atoms with Crippen LogP contribution in [0, 0.1) is 6.92 Å². The molecule has 2 aromatic carbocycles. The lowest BCUT2D eigenvalue weighted by atomic mass is 10.2. The number of benzene rings is 2. The Bertz CT molecular complexity index is 1170. The van der Waals surface area contributed by atoms with Crippen LogP contribution in [-0.2, 0) is 10.0 Å². The van der Waals surface area contributed by atoms with Crippen LogP contribution in [0.25, 0.3) is 10.2 Å². The number of anilines is 1. The van der Waals surface area contributed by atoms with Gasteiger partial charge in [0.05, 0.1) is 15.1 Å². The number of amides is 1. The fourth-order valence-electron chi connectivity index (χ4n) is 3.41. The third-order valence-corrected chi connectivity index (χ3v) is 7.99. The number of halogens is 1. The molecule has 6 nitrogen and oxygen atoms in total. The number of fused-ring (bicyclic) bond motifs is 1. The fraction of sp³-hybridized carbons (Fsp3) is 0.300. The number of nitrogens with one attached hydrogen (secondary N) is 1. The molecule has 2 heterocycles. The average molecular weight is 450 g/mol. The summed E-state index contributed by atoms with van der Waals surface area (Å²) in [6, 6.07) is 9.68. The van der Waals surface area contributed by atoms with Crippen molar-refractivity contribution in [2.45, 2.75) is 31.1 Å². The average Bonchev–Trinajstić information content (AvgIpc) is 3.11. The Morgan fingerprint density at radius 1 is 1.14 bits per heavy atom. The molecular formula is C20H20ClN3O3S2. The van der Waals surface area contributed by atoms with Crippen LogP contribution in [0.4, 0.5) is 5.13 Å². The highest BCUT2D eigenvalue weighted by molar-refractivity contribution is 7.89. The summed E-state index contributed by atoms with van der Waals surface area (Å²) in [5, 5.41) is 3.88. The van der Waals surface area contributed by atoms with E-state index in [9.17, 15) is 13.2 Å². The normalized spacial score (nSPS) is 15.5. The molecule has 0 bridgehead atoms. The van der Waals surface area contributed by atoms with Crippen LogP contribution >= 0.6 is 22.9 Å². The highest BCUT2D eigenvalue weighted by Crippen LogP contribution is 2.31. The summed E-state index contributed by atoms with van der Waals surface area (Å²) in [6.45, 7) is 3.01.